The maximum absolute atomic E-state index is 12.5. The third-order valence-electron chi connectivity index (χ3n) is 3.02. The molecular formula is C16H16BrNO3. The van der Waals surface area contributed by atoms with Crippen LogP contribution in [-0.4, -0.2) is 20.1 Å². The summed E-state index contributed by atoms with van der Waals surface area (Å²) in [5.74, 6) is 0.654. The predicted molar refractivity (Wildman–Crippen MR) is 86.4 cm³/mol. The number of carbonyl (C=O) groups is 1. The lowest BCUT2D eigenvalue weighted by Gasteiger charge is -2.14. The minimum absolute atomic E-state index is 0.282. The Hall–Kier alpha value is -2.01. The predicted octanol–water partition coefficient (Wildman–Crippen LogP) is 4.03. The first kappa shape index (κ1) is 15.4. The average Bonchev–Trinajstić information content (AvgIpc) is 2.49. The molecule has 1 amide bonds. The van der Waals surface area contributed by atoms with Crippen molar-refractivity contribution < 1.29 is 14.3 Å². The molecule has 2 rings (SSSR count). The summed E-state index contributed by atoms with van der Waals surface area (Å²) in [6, 6.07) is 11.0. The van der Waals surface area contributed by atoms with Gasteiger partial charge in [0, 0.05) is 4.47 Å². The summed E-state index contributed by atoms with van der Waals surface area (Å²) < 4.78 is 11.3. The van der Waals surface area contributed by atoms with E-state index in [2.05, 4.69) is 21.2 Å². The van der Waals surface area contributed by atoms with Gasteiger partial charge in [0.15, 0.2) is 0 Å². The van der Waals surface area contributed by atoms with Crippen molar-refractivity contribution >= 4 is 27.5 Å². The van der Waals surface area contributed by atoms with Crippen LogP contribution in [0.1, 0.15) is 15.9 Å². The quantitative estimate of drug-likeness (QED) is 0.906. The van der Waals surface area contributed by atoms with Crippen molar-refractivity contribution in [2.24, 2.45) is 0 Å². The van der Waals surface area contributed by atoms with Gasteiger partial charge in [0.1, 0.15) is 17.1 Å². The number of anilines is 1. The number of amides is 1. The maximum Gasteiger partial charge on any atom is 0.263 e. The second-order valence-corrected chi connectivity index (χ2v) is 5.33. The maximum atomic E-state index is 12.5. The van der Waals surface area contributed by atoms with Crippen molar-refractivity contribution in [1.29, 1.82) is 0 Å². The van der Waals surface area contributed by atoms with Crippen LogP contribution in [0.4, 0.5) is 5.69 Å². The topological polar surface area (TPSA) is 47.6 Å². The van der Waals surface area contributed by atoms with E-state index in [-0.39, 0.29) is 5.91 Å². The van der Waals surface area contributed by atoms with E-state index in [4.69, 9.17) is 9.47 Å². The van der Waals surface area contributed by atoms with Crippen LogP contribution >= 0.6 is 15.9 Å². The summed E-state index contributed by atoms with van der Waals surface area (Å²) in [7, 11) is 3.04. The highest BCUT2D eigenvalue weighted by Crippen LogP contribution is 2.30. The van der Waals surface area contributed by atoms with Crippen molar-refractivity contribution in [3.8, 4) is 11.5 Å². The molecule has 0 unspecified atom stereocenters. The molecular weight excluding hydrogens is 334 g/mol. The van der Waals surface area contributed by atoms with Gasteiger partial charge >= 0.3 is 0 Å². The Bertz CT molecular complexity index is 648. The van der Waals surface area contributed by atoms with E-state index in [1.54, 1.807) is 18.2 Å². The summed E-state index contributed by atoms with van der Waals surface area (Å²) in [6.45, 7) is 1.96. The van der Waals surface area contributed by atoms with Crippen molar-refractivity contribution in [1.82, 2.24) is 0 Å². The zero-order valence-electron chi connectivity index (χ0n) is 12.1. The lowest BCUT2D eigenvalue weighted by Crippen LogP contribution is -2.15. The second-order valence-electron chi connectivity index (χ2n) is 4.47. The molecule has 0 atom stereocenters. The lowest BCUT2D eigenvalue weighted by molar-refractivity contribution is 0.102. The van der Waals surface area contributed by atoms with E-state index in [9.17, 15) is 4.79 Å². The first-order chi connectivity index (χ1) is 10.1. The van der Waals surface area contributed by atoms with E-state index in [0.717, 1.165) is 10.0 Å². The number of hydrogen-bond acceptors (Lipinski definition) is 3. The van der Waals surface area contributed by atoms with Gasteiger partial charge in [-0.25, -0.2) is 0 Å². The van der Waals surface area contributed by atoms with Crippen LogP contribution in [0.2, 0.25) is 0 Å². The Balaban J connectivity index is 2.38. The fraction of sp³-hybridized carbons (Fsp3) is 0.188. The number of aryl methyl sites for hydroxylation is 1. The van der Waals surface area contributed by atoms with Gasteiger partial charge in [-0.2, -0.15) is 0 Å². The smallest absolute Gasteiger partial charge is 0.263 e. The number of benzene rings is 2. The Morgan fingerprint density at radius 1 is 1.10 bits per heavy atom. The Kier molecular flexibility index (Phi) is 4.85. The molecule has 4 nitrogen and oxygen atoms in total. The molecule has 21 heavy (non-hydrogen) atoms. The van der Waals surface area contributed by atoms with Crippen LogP contribution in [0.25, 0.3) is 0 Å². The van der Waals surface area contributed by atoms with Crippen LogP contribution in [0.3, 0.4) is 0 Å². The van der Waals surface area contributed by atoms with Crippen LogP contribution in [0.15, 0.2) is 40.9 Å². The minimum Gasteiger partial charge on any atom is -0.496 e. The Morgan fingerprint density at radius 3 is 2.29 bits per heavy atom. The normalized spacial score (nSPS) is 10.1. The molecule has 2 aromatic rings. The summed E-state index contributed by atoms with van der Waals surface area (Å²) in [5, 5.41) is 2.87. The first-order valence-corrected chi connectivity index (χ1v) is 7.14. The Labute approximate surface area is 132 Å². The molecule has 0 fully saturated rings. The van der Waals surface area contributed by atoms with Gasteiger partial charge in [-0.05, 0) is 52.7 Å². The number of methoxy groups -OCH3 is 2. The average molecular weight is 350 g/mol. The molecule has 2 aromatic carbocycles. The van der Waals surface area contributed by atoms with Crippen LogP contribution in [0.5, 0.6) is 11.5 Å². The lowest BCUT2D eigenvalue weighted by atomic mass is 10.1. The van der Waals surface area contributed by atoms with E-state index >= 15 is 0 Å². The minimum atomic E-state index is -0.282. The van der Waals surface area contributed by atoms with E-state index in [1.165, 1.54) is 14.2 Å². The fourth-order valence-electron chi connectivity index (χ4n) is 1.99. The second kappa shape index (κ2) is 6.63. The molecule has 0 aliphatic heterocycles. The highest BCUT2D eigenvalue weighted by atomic mass is 79.9. The molecule has 0 aliphatic rings. The third-order valence-corrected chi connectivity index (χ3v) is 3.72. The fourth-order valence-corrected chi connectivity index (χ4v) is 2.34. The summed E-state index contributed by atoms with van der Waals surface area (Å²) in [4.78, 5) is 12.5. The van der Waals surface area contributed by atoms with Crippen molar-refractivity contribution in [2.45, 2.75) is 6.92 Å². The van der Waals surface area contributed by atoms with E-state index in [0.29, 0.717) is 22.7 Å². The molecule has 0 aliphatic carbocycles. The van der Waals surface area contributed by atoms with Gasteiger partial charge in [0.25, 0.3) is 5.91 Å². The zero-order valence-corrected chi connectivity index (χ0v) is 13.7. The van der Waals surface area contributed by atoms with Gasteiger partial charge in [-0.1, -0.05) is 12.1 Å². The molecule has 0 aromatic heterocycles. The zero-order chi connectivity index (χ0) is 15.4. The summed E-state index contributed by atoms with van der Waals surface area (Å²) in [5.41, 5.74) is 2.13. The highest BCUT2D eigenvalue weighted by Gasteiger charge is 2.19. The van der Waals surface area contributed by atoms with Crippen LogP contribution in [-0.2, 0) is 0 Å². The molecule has 0 heterocycles. The van der Waals surface area contributed by atoms with Gasteiger partial charge < -0.3 is 14.8 Å². The van der Waals surface area contributed by atoms with Crippen LogP contribution < -0.4 is 14.8 Å². The SMILES string of the molecule is COc1cccc(OC)c1C(=O)Nc1cc(C)ccc1Br. The standard InChI is InChI=1S/C16H16BrNO3/c1-10-7-8-11(17)12(9-10)18-16(19)15-13(20-2)5-4-6-14(15)21-3/h4-9H,1-3H3,(H,18,19). The number of rotatable bonds is 4. The monoisotopic (exact) mass is 349 g/mol. The Morgan fingerprint density at radius 2 is 1.71 bits per heavy atom. The van der Waals surface area contributed by atoms with Crippen LogP contribution in [0, 0.1) is 6.92 Å². The molecule has 0 saturated carbocycles. The van der Waals surface area contributed by atoms with Crippen molar-refractivity contribution in [3.63, 3.8) is 0 Å². The summed E-state index contributed by atoms with van der Waals surface area (Å²) >= 11 is 3.43. The number of nitrogens with one attached hydrogen (secondary N) is 1. The molecule has 1 N–H and O–H groups in total. The van der Waals surface area contributed by atoms with Gasteiger partial charge in [-0.3, -0.25) is 4.79 Å². The third kappa shape index (κ3) is 3.36. The van der Waals surface area contributed by atoms with Crippen molar-refractivity contribution in [3.05, 3.63) is 52.0 Å². The van der Waals surface area contributed by atoms with E-state index < -0.39 is 0 Å². The van der Waals surface area contributed by atoms with Gasteiger partial charge in [0.05, 0.1) is 19.9 Å². The van der Waals surface area contributed by atoms with E-state index in [1.807, 2.05) is 25.1 Å². The molecule has 0 spiro atoms. The number of ether oxygens (including phenoxy) is 2. The number of hydrogen-bond donors (Lipinski definition) is 1. The molecule has 110 valence electrons. The van der Waals surface area contributed by atoms with Crippen molar-refractivity contribution in [2.75, 3.05) is 19.5 Å². The number of carbonyl (C=O) groups excluding carboxylic acids is 1. The summed E-state index contributed by atoms with van der Waals surface area (Å²) in [6.07, 6.45) is 0. The first-order valence-electron chi connectivity index (χ1n) is 6.35. The largest absolute Gasteiger partial charge is 0.496 e. The highest BCUT2D eigenvalue weighted by molar-refractivity contribution is 9.10. The van der Waals surface area contributed by atoms with Gasteiger partial charge in [-0.15, -0.1) is 0 Å². The molecule has 0 bridgehead atoms. The molecule has 5 heteroatoms. The molecule has 0 saturated heterocycles. The molecule has 0 radical (unpaired) electrons. The van der Waals surface area contributed by atoms with Gasteiger partial charge in [0.2, 0.25) is 0 Å². The number of halogens is 1.